The number of rotatable bonds is 3. The predicted molar refractivity (Wildman–Crippen MR) is 76.0 cm³/mol. The third kappa shape index (κ3) is 2.79. The van der Waals surface area contributed by atoms with Gasteiger partial charge in [0.05, 0.1) is 12.5 Å². The van der Waals surface area contributed by atoms with Crippen molar-refractivity contribution in [1.82, 2.24) is 0 Å². The van der Waals surface area contributed by atoms with E-state index in [0.717, 1.165) is 15.8 Å². The van der Waals surface area contributed by atoms with Crippen LogP contribution in [0.15, 0.2) is 16.6 Å². The first kappa shape index (κ1) is 13.2. The van der Waals surface area contributed by atoms with E-state index in [4.69, 9.17) is 16.3 Å². The molecule has 3 heteroatoms. The third-order valence-corrected chi connectivity index (χ3v) is 5.07. The quantitative estimate of drug-likeness (QED) is 0.693. The molecule has 1 unspecified atom stereocenters. The van der Waals surface area contributed by atoms with E-state index >= 15 is 0 Å². The smallest absolute Gasteiger partial charge is 0.123 e. The highest BCUT2D eigenvalue weighted by molar-refractivity contribution is 9.10. The SMILES string of the molecule is COc1cc(C)c(Br)cc1C(Cl)C1CCCC1. The molecule has 0 heterocycles. The van der Waals surface area contributed by atoms with Crippen molar-refractivity contribution in [3.05, 3.63) is 27.7 Å². The number of benzene rings is 1. The van der Waals surface area contributed by atoms with Crippen LogP contribution in [0.1, 0.15) is 42.2 Å². The van der Waals surface area contributed by atoms with E-state index in [-0.39, 0.29) is 5.38 Å². The molecular weight excluding hydrogens is 300 g/mol. The topological polar surface area (TPSA) is 9.23 Å². The Morgan fingerprint density at radius 1 is 1.35 bits per heavy atom. The van der Waals surface area contributed by atoms with E-state index in [1.54, 1.807) is 7.11 Å². The Labute approximate surface area is 117 Å². The standard InChI is InChI=1S/C14H18BrClO/c1-9-7-13(17-2)11(8-12(9)15)14(16)10-5-3-4-6-10/h7-8,10,14H,3-6H2,1-2H3. The van der Waals surface area contributed by atoms with Crippen LogP contribution in [-0.2, 0) is 0 Å². The Balaban J connectivity index is 2.32. The molecule has 1 aromatic rings. The summed E-state index contributed by atoms with van der Waals surface area (Å²) in [5, 5.41) is 0.0735. The lowest BCUT2D eigenvalue weighted by atomic mass is 9.96. The second-order valence-corrected chi connectivity index (χ2v) is 6.11. The molecule has 1 atom stereocenters. The molecule has 0 bridgehead atoms. The first-order valence-corrected chi connectivity index (χ1v) is 7.34. The summed E-state index contributed by atoms with van der Waals surface area (Å²) >= 11 is 10.2. The maximum atomic E-state index is 6.62. The average molecular weight is 318 g/mol. The monoisotopic (exact) mass is 316 g/mol. The Bertz CT molecular complexity index is 399. The van der Waals surface area contributed by atoms with Gasteiger partial charge in [0.15, 0.2) is 0 Å². The second-order valence-electron chi connectivity index (χ2n) is 4.79. The zero-order valence-corrected chi connectivity index (χ0v) is 12.6. The normalized spacial score (nSPS) is 18.4. The molecule has 0 radical (unpaired) electrons. The number of hydrogen-bond acceptors (Lipinski definition) is 1. The van der Waals surface area contributed by atoms with E-state index in [9.17, 15) is 0 Å². The first-order chi connectivity index (χ1) is 8.13. The summed E-state index contributed by atoms with van der Waals surface area (Å²) in [6.45, 7) is 2.06. The summed E-state index contributed by atoms with van der Waals surface area (Å²) in [6.07, 6.45) is 5.10. The summed E-state index contributed by atoms with van der Waals surface area (Å²) in [6, 6.07) is 4.17. The van der Waals surface area contributed by atoms with Gasteiger partial charge < -0.3 is 4.74 Å². The van der Waals surface area contributed by atoms with Gasteiger partial charge in [0.25, 0.3) is 0 Å². The molecule has 17 heavy (non-hydrogen) atoms. The molecular formula is C14H18BrClO. The molecule has 1 saturated carbocycles. The molecule has 1 aliphatic carbocycles. The minimum Gasteiger partial charge on any atom is -0.496 e. The third-order valence-electron chi connectivity index (χ3n) is 3.62. The molecule has 0 saturated heterocycles. The summed E-state index contributed by atoms with van der Waals surface area (Å²) < 4.78 is 6.56. The van der Waals surface area contributed by atoms with E-state index in [1.807, 2.05) is 0 Å². The minimum atomic E-state index is 0.0735. The molecule has 0 aliphatic heterocycles. The lowest BCUT2D eigenvalue weighted by molar-refractivity contribution is 0.402. The fourth-order valence-corrected chi connectivity index (χ4v) is 3.35. The van der Waals surface area contributed by atoms with Crippen molar-refractivity contribution >= 4 is 27.5 Å². The molecule has 0 spiro atoms. The van der Waals surface area contributed by atoms with E-state index in [2.05, 4.69) is 35.0 Å². The summed E-state index contributed by atoms with van der Waals surface area (Å²) in [4.78, 5) is 0. The fourth-order valence-electron chi connectivity index (χ4n) is 2.57. The Kier molecular flexibility index (Phi) is 4.37. The first-order valence-electron chi connectivity index (χ1n) is 6.11. The molecule has 94 valence electrons. The molecule has 0 N–H and O–H groups in total. The molecule has 1 aromatic carbocycles. The number of hydrogen-bond donors (Lipinski definition) is 0. The van der Waals surface area contributed by atoms with Gasteiger partial charge in [0.2, 0.25) is 0 Å². The van der Waals surface area contributed by atoms with Crippen LogP contribution in [0.2, 0.25) is 0 Å². The van der Waals surface area contributed by atoms with Crippen LogP contribution in [0.4, 0.5) is 0 Å². The van der Waals surface area contributed by atoms with Crippen molar-refractivity contribution in [3.63, 3.8) is 0 Å². The van der Waals surface area contributed by atoms with E-state index < -0.39 is 0 Å². The summed E-state index contributed by atoms with van der Waals surface area (Å²) in [7, 11) is 1.71. The lowest BCUT2D eigenvalue weighted by Gasteiger charge is -2.20. The van der Waals surface area contributed by atoms with Crippen LogP contribution in [0.3, 0.4) is 0 Å². The van der Waals surface area contributed by atoms with Crippen LogP contribution in [0, 0.1) is 12.8 Å². The second kappa shape index (κ2) is 5.62. The van der Waals surface area contributed by atoms with E-state index in [0.29, 0.717) is 5.92 Å². The zero-order chi connectivity index (χ0) is 12.4. The number of ether oxygens (including phenoxy) is 1. The molecule has 1 aliphatic rings. The van der Waals surface area contributed by atoms with E-state index in [1.165, 1.54) is 31.2 Å². The highest BCUT2D eigenvalue weighted by atomic mass is 79.9. The zero-order valence-electron chi connectivity index (χ0n) is 10.3. The van der Waals surface area contributed by atoms with Gasteiger partial charge in [0.1, 0.15) is 5.75 Å². The van der Waals surface area contributed by atoms with Gasteiger partial charge in [-0.15, -0.1) is 11.6 Å². The van der Waals surface area contributed by atoms with Gasteiger partial charge in [-0.3, -0.25) is 0 Å². The van der Waals surface area contributed by atoms with Crippen molar-refractivity contribution in [2.45, 2.75) is 38.0 Å². The highest BCUT2D eigenvalue weighted by Gasteiger charge is 2.27. The number of halogens is 2. The fraction of sp³-hybridized carbons (Fsp3) is 0.571. The molecule has 1 fully saturated rings. The van der Waals surface area contributed by atoms with Crippen molar-refractivity contribution < 1.29 is 4.74 Å². The Morgan fingerprint density at radius 3 is 2.59 bits per heavy atom. The summed E-state index contributed by atoms with van der Waals surface area (Å²) in [5.41, 5.74) is 2.31. The van der Waals surface area contributed by atoms with Crippen LogP contribution in [-0.4, -0.2) is 7.11 Å². The number of alkyl halides is 1. The van der Waals surface area contributed by atoms with Crippen molar-refractivity contribution in [2.75, 3.05) is 7.11 Å². The Morgan fingerprint density at radius 2 is 2.00 bits per heavy atom. The predicted octanol–water partition coefficient (Wildman–Crippen LogP) is 5.24. The number of methoxy groups -OCH3 is 1. The maximum Gasteiger partial charge on any atom is 0.123 e. The van der Waals surface area contributed by atoms with Gasteiger partial charge in [-0.05, 0) is 43.4 Å². The van der Waals surface area contributed by atoms with Gasteiger partial charge in [-0.1, -0.05) is 28.8 Å². The lowest BCUT2D eigenvalue weighted by Crippen LogP contribution is -2.05. The van der Waals surface area contributed by atoms with Crippen LogP contribution in [0.5, 0.6) is 5.75 Å². The summed E-state index contributed by atoms with van der Waals surface area (Å²) in [5.74, 6) is 1.51. The van der Waals surface area contributed by atoms with Gasteiger partial charge in [-0.2, -0.15) is 0 Å². The van der Waals surface area contributed by atoms with Gasteiger partial charge in [0, 0.05) is 10.0 Å². The van der Waals surface area contributed by atoms with Crippen LogP contribution < -0.4 is 4.74 Å². The molecule has 2 rings (SSSR count). The van der Waals surface area contributed by atoms with Crippen molar-refractivity contribution in [2.24, 2.45) is 5.92 Å². The Hall–Kier alpha value is -0.210. The van der Waals surface area contributed by atoms with Crippen molar-refractivity contribution in [3.8, 4) is 5.75 Å². The molecule has 1 nitrogen and oxygen atoms in total. The number of aryl methyl sites for hydroxylation is 1. The van der Waals surface area contributed by atoms with Gasteiger partial charge >= 0.3 is 0 Å². The molecule has 0 amide bonds. The highest BCUT2D eigenvalue weighted by Crippen LogP contribution is 2.44. The van der Waals surface area contributed by atoms with Crippen LogP contribution >= 0.6 is 27.5 Å². The molecule has 0 aromatic heterocycles. The maximum absolute atomic E-state index is 6.62. The van der Waals surface area contributed by atoms with Crippen LogP contribution in [0.25, 0.3) is 0 Å². The largest absolute Gasteiger partial charge is 0.496 e. The van der Waals surface area contributed by atoms with Gasteiger partial charge in [-0.25, -0.2) is 0 Å². The minimum absolute atomic E-state index is 0.0735. The van der Waals surface area contributed by atoms with Crippen molar-refractivity contribution in [1.29, 1.82) is 0 Å². The average Bonchev–Trinajstić information content (AvgIpc) is 2.84.